The maximum absolute atomic E-state index is 13.1. The minimum atomic E-state index is -1.73. The summed E-state index contributed by atoms with van der Waals surface area (Å²) in [6, 6.07) is 5.93. The normalized spacial score (nSPS) is 26.2. The molecule has 1 unspecified atom stereocenters. The van der Waals surface area contributed by atoms with Gasteiger partial charge in [-0.3, -0.25) is 4.79 Å². The maximum Gasteiger partial charge on any atom is 0.226 e. The summed E-state index contributed by atoms with van der Waals surface area (Å²) >= 11 is 12.3. The van der Waals surface area contributed by atoms with Crippen LogP contribution in [0.15, 0.2) is 18.2 Å². The van der Waals surface area contributed by atoms with Crippen molar-refractivity contribution >= 4 is 37.4 Å². The van der Waals surface area contributed by atoms with Crippen LogP contribution in [0.3, 0.4) is 0 Å². The molecule has 3 nitrogen and oxygen atoms in total. The van der Waals surface area contributed by atoms with E-state index in [2.05, 4.69) is 38.8 Å². The fourth-order valence-electron chi connectivity index (χ4n) is 4.34. The monoisotopic (exact) mass is 455 g/mol. The van der Waals surface area contributed by atoms with Crippen molar-refractivity contribution in [2.24, 2.45) is 5.92 Å². The first-order valence-corrected chi connectivity index (χ1v) is 14.6. The lowest BCUT2D eigenvalue weighted by Gasteiger charge is -2.42. The van der Waals surface area contributed by atoms with Gasteiger partial charge >= 0.3 is 0 Å². The van der Waals surface area contributed by atoms with Crippen molar-refractivity contribution < 1.29 is 9.22 Å². The zero-order valence-corrected chi connectivity index (χ0v) is 20.9. The van der Waals surface area contributed by atoms with Crippen LogP contribution in [0.2, 0.25) is 28.2 Å². The van der Waals surface area contributed by atoms with Crippen molar-refractivity contribution in [3.8, 4) is 0 Å². The van der Waals surface area contributed by atoms with Crippen molar-refractivity contribution in [1.29, 1.82) is 0 Å². The van der Waals surface area contributed by atoms with Gasteiger partial charge in [-0.05, 0) is 74.4 Å². The molecule has 0 radical (unpaired) electrons. The molecule has 2 fully saturated rings. The first-order chi connectivity index (χ1) is 13.5. The second-order valence-corrected chi connectivity index (χ2v) is 15.9. The molecule has 0 spiro atoms. The van der Waals surface area contributed by atoms with Gasteiger partial charge in [0.1, 0.15) is 0 Å². The number of benzene rings is 1. The van der Waals surface area contributed by atoms with E-state index in [0.29, 0.717) is 34.5 Å². The van der Waals surface area contributed by atoms with Gasteiger partial charge < -0.3 is 9.33 Å². The third-order valence-electron chi connectivity index (χ3n) is 7.18. The van der Waals surface area contributed by atoms with E-state index in [1.807, 2.05) is 12.1 Å². The fraction of sp³-hybridized carbons (Fsp3) is 0.696. The molecule has 0 N–H and O–H groups in total. The highest BCUT2D eigenvalue weighted by Gasteiger charge is 2.41. The Balaban J connectivity index is 1.53. The lowest BCUT2D eigenvalue weighted by molar-refractivity contribution is -0.133. The van der Waals surface area contributed by atoms with Crippen LogP contribution in [0, 0.1) is 5.92 Å². The van der Waals surface area contributed by atoms with Gasteiger partial charge in [-0.2, -0.15) is 0 Å². The minimum Gasteiger partial charge on any atom is -0.414 e. The first kappa shape index (κ1) is 23.1. The smallest absolute Gasteiger partial charge is 0.226 e. The van der Waals surface area contributed by atoms with Crippen LogP contribution in [0.25, 0.3) is 0 Å². The number of rotatable bonds is 5. The topological polar surface area (TPSA) is 29.5 Å². The molecule has 6 heteroatoms. The molecule has 1 aromatic rings. The minimum absolute atomic E-state index is 0.0369. The van der Waals surface area contributed by atoms with Crippen molar-refractivity contribution in [1.82, 2.24) is 4.90 Å². The molecule has 3 rings (SSSR count). The van der Waals surface area contributed by atoms with Crippen LogP contribution in [-0.2, 0) is 15.6 Å². The van der Waals surface area contributed by atoms with E-state index in [-0.39, 0.29) is 11.0 Å². The van der Waals surface area contributed by atoms with Gasteiger partial charge in [-0.25, -0.2) is 0 Å². The van der Waals surface area contributed by atoms with Gasteiger partial charge in [0.2, 0.25) is 5.91 Å². The Morgan fingerprint density at radius 3 is 2.34 bits per heavy atom. The number of carbonyl (C=O) groups excluding carboxylic acids is 1. The number of hydrogen-bond donors (Lipinski definition) is 0. The third-order valence-corrected chi connectivity index (χ3v) is 12.3. The summed E-state index contributed by atoms with van der Waals surface area (Å²) in [4.78, 5) is 15.2. The fourth-order valence-corrected chi connectivity index (χ4v) is 6.24. The molecule has 0 bridgehead atoms. The van der Waals surface area contributed by atoms with Crippen molar-refractivity contribution in [2.45, 2.75) is 89.6 Å². The number of nitrogens with zero attached hydrogens (tertiary/aromatic N) is 1. The molecule has 1 heterocycles. The Bertz CT molecular complexity index is 739. The van der Waals surface area contributed by atoms with Crippen molar-refractivity contribution in [2.75, 3.05) is 6.54 Å². The highest BCUT2D eigenvalue weighted by Crippen LogP contribution is 2.40. The Morgan fingerprint density at radius 1 is 1.10 bits per heavy atom. The maximum atomic E-state index is 13.1. The van der Waals surface area contributed by atoms with Gasteiger partial charge in [0, 0.05) is 34.7 Å². The summed E-state index contributed by atoms with van der Waals surface area (Å²) < 4.78 is 6.61. The lowest BCUT2D eigenvalue weighted by Crippen LogP contribution is -2.47. The summed E-state index contributed by atoms with van der Waals surface area (Å²) in [5.41, 5.74) is 1.02. The predicted octanol–water partition coefficient (Wildman–Crippen LogP) is 6.72. The average molecular weight is 457 g/mol. The largest absolute Gasteiger partial charge is 0.414 e. The molecule has 1 saturated heterocycles. The Morgan fingerprint density at radius 2 is 1.76 bits per heavy atom. The number of likely N-dealkylation sites (tertiary alicyclic amines) is 1. The lowest BCUT2D eigenvalue weighted by atomic mass is 9.92. The highest BCUT2D eigenvalue weighted by molar-refractivity contribution is 6.74. The van der Waals surface area contributed by atoms with Gasteiger partial charge in [0.05, 0.1) is 0 Å². The summed E-state index contributed by atoms with van der Waals surface area (Å²) in [6.45, 7) is 12.4. The number of amides is 1. The molecule has 1 aliphatic heterocycles. The quantitative estimate of drug-likeness (QED) is 0.461. The Labute approximate surface area is 187 Å². The Kier molecular flexibility index (Phi) is 7.09. The number of halogens is 2. The Hall–Kier alpha value is -0.553. The predicted molar refractivity (Wildman–Crippen MR) is 124 cm³/mol. The van der Waals surface area contributed by atoms with Crippen LogP contribution < -0.4 is 0 Å². The third kappa shape index (κ3) is 5.39. The van der Waals surface area contributed by atoms with Crippen LogP contribution in [0.4, 0.5) is 0 Å². The number of hydrogen-bond acceptors (Lipinski definition) is 2. The van der Waals surface area contributed by atoms with Crippen LogP contribution >= 0.6 is 23.2 Å². The van der Waals surface area contributed by atoms with E-state index in [4.69, 9.17) is 27.6 Å². The van der Waals surface area contributed by atoms with Crippen molar-refractivity contribution in [3.05, 3.63) is 33.8 Å². The van der Waals surface area contributed by atoms with Crippen LogP contribution in [0.1, 0.15) is 58.4 Å². The van der Waals surface area contributed by atoms with Crippen LogP contribution in [-0.4, -0.2) is 37.8 Å². The van der Waals surface area contributed by atoms with E-state index in [9.17, 15) is 4.79 Å². The molecule has 1 aromatic carbocycles. The zero-order valence-electron chi connectivity index (χ0n) is 18.4. The van der Waals surface area contributed by atoms with E-state index < -0.39 is 8.32 Å². The van der Waals surface area contributed by atoms with Gasteiger partial charge in [-0.15, -0.1) is 0 Å². The summed E-state index contributed by atoms with van der Waals surface area (Å²) in [7, 11) is -1.73. The summed E-state index contributed by atoms with van der Waals surface area (Å²) in [5, 5.41) is 1.53. The molecular weight excluding hydrogens is 421 g/mol. The van der Waals surface area contributed by atoms with E-state index in [0.717, 1.165) is 44.2 Å². The van der Waals surface area contributed by atoms with E-state index in [1.165, 1.54) is 0 Å². The first-order valence-electron chi connectivity index (χ1n) is 10.9. The molecule has 0 aromatic heterocycles. The van der Waals surface area contributed by atoms with Gasteiger partial charge in [0.25, 0.3) is 0 Å². The number of carbonyl (C=O) groups is 1. The highest BCUT2D eigenvalue weighted by atomic mass is 35.5. The molecular formula is C23H35Cl2NO2Si. The SMILES string of the molecule is CC(C)(C)[Si](C)(C)OC1CCC(N2CCC(Cc3ccc(Cl)cc3Cl)C2=O)CC1. The second-order valence-electron chi connectivity index (χ2n) is 10.3. The molecule has 2 aliphatic rings. The van der Waals surface area contributed by atoms with Gasteiger partial charge in [0.15, 0.2) is 8.32 Å². The molecule has 1 saturated carbocycles. The molecule has 29 heavy (non-hydrogen) atoms. The van der Waals surface area contributed by atoms with Gasteiger partial charge in [-0.1, -0.05) is 50.0 Å². The average Bonchev–Trinajstić information content (AvgIpc) is 2.97. The zero-order chi connectivity index (χ0) is 21.4. The second kappa shape index (κ2) is 8.90. The summed E-state index contributed by atoms with van der Waals surface area (Å²) in [5.74, 6) is 0.333. The van der Waals surface area contributed by atoms with E-state index >= 15 is 0 Å². The molecule has 1 atom stereocenters. The molecule has 1 amide bonds. The summed E-state index contributed by atoms with van der Waals surface area (Å²) in [6.07, 6.45) is 6.21. The molecule has 1 aliphatic carbocycles. The van der Waals surface area contributed by atoms with Crippen molar-refractivity contribution in [3.63, 3.8) is 0 Å². The molecule has 162 valence electrons. The van der Waals surface area contributed by atoms with E-state index in [1.54, 1.807) is 6.07 Å². The van der Waals surface area contributed by atoms with Crippen LogP contribution in [0.5, 0.6) is 0 Å². The standard InChI is InChI=1S/C23H35Cl2NO2Si/c1-23(2,3)29(4,5)28-20-10-8-19(9-11-20)26-13-12-17(22(26)27)14-16-6-7-18(24)15-21(16)25/h6-7,15,17,19-20H,8-14H2,1-5H3.